The molecular weight excluding hydrogens is 304 g/mol. The molecule has 1 aromatic carbocycles. The predicted molar refractivity (Wildman–Crippen MR) is 78.5 cm³/mol. The Bertz CT molecular complexity index is 526. The van der Waals surface area contributed by atoms with Gasteiger partial charge in [-0.2, -0.15) is 9.82 Å². The molecule has 0 aliphatic carbocycles. The Morgan fingerprint density at radius 3 is 2.80 bits per heavy atom. The van der Waals surface area contributed by atoms with Crippen LogP contribution in [0, 0.1) is 0 Å². The number of aliphatic imine (C=N–C) groups is 1. The minimum Gasteiger partial charge on any atom is -0.394 e. The first-order chi connectivity index (χ1) is 9.52. The molecule has 0 radical (unpaired) electrons. The van der Waals surface area contributed by atoms with Crippen LogP contribution in [-0.2, 0) is 5.66 Å². The third-order valence-corrected chi connectivity index (χ3v) is 3.69. The van der Waals surface area contributed by atoms with E-state index >= 15 is 0 Å². The standard InChI is InChI=1S/C13H16Cl2FN3O/c1-2-5-13(10-4-3-9(14)8-11(10)15)17-12(16)19(18-13)6-7-20/h3-4,8,18,20H,2,5-7H2,1H3. The molecule has 0 bridgehead atoms. The zero-order chi connectivity index (χ0) is 14.8. The van der Waals surface area contributed by atoms with E-state index in [1.807, 2.05) is 6.92 Å². The second kappa shape index (κ2) is 6.26. The van der Waals surface area contributed by atoms with Gasteiger partial charge in [0.15, 0.2) is 5.66 Å². The summed E-state index contributed by atoms with van der Waals surface area (Å²) < 4.78 is 13.9. The smallest absolute Gasteiger partial charge is 0.297 e. The monoisotopic (exact) mass is 319 g/mol. The molecule has 2 rings (SSSR count). The van der Waals surface area contributed by atoms with Crippen LogP contribution in [0.2, 0.25) is 10.0 Å². The highest BCUT2D eigenvalue weighted by Crippen LogP contribution is 2.38. The van der Waals surface area contributed by atoms with Crippen LogP contribution in [0.4, 0.5) is 4.39 Å². The molecule has 7 heteroatoms. The molecule has 20 heavy (non-hydrogen) atoms. The van der Waals surface area contributed by atoms with E-state index in [0.717, 1.165) is 6.42 Å². The van der Waals surface area contributed by atoms with Gasteiger partial charge in [-0.25, -0.2) is 4.99 Å². The summed E-state index contributed by atoms with van der Waals surface area (Å²) in [6, 6.07) is 5.05. The van der Waals surface area contributed by atoms with Gasteiger partial charge in [0.05, 0.1) is 13.2 Å². The first kappa shape index (κ1) is 15.5. The number of hydrazine groups is 1. The minimum atomic E-state index is -0.949. The van der Waals surface area contributed by atoms with Crippen LogP contribution < -0.4 is 5.43 Å². The van der Waals surface area contributed by atoms with E-state index in [1.165, 1.54) is 5.01 Å². The first-order valence-electron chi connectivity index (χ1n) is 6.39. The summed E-state index contributed by atoms with van der Waals surface area (Å²) in [5.74, 6) is 0. The molecule has 1 aromatic rings. The number of aliphatic hydroxyl groups is 1. The maximum Gasteiger partial charge on any atom is 0.297 e. The Balaban J connectivity index is 2.41. The van der Waals surface area contributed by atoms with E-state index in [2.05, 4.69) is 10.4 Å². The van der Waals surface area contributed by atoms with Crippen molar-refractivity contribution >= 4 is 29.3 Å². The molecule has 2 N–H and O–H groups in total. The zero-order valence-corrected chi connectivity index (χ0v) is 12.5. The van der Waals surface area contributed by atoms with Gasteiger partial charge in [-0.3, -0.25) is 5.01 Å². The van der Waals surface area contributed by atoms with Gasteiger partial charge in [0.25, 0.3) is 6.09 Å². The van der Waals surface area contributed by atoms with Gasteiger partial charge in [0.2, 0.25) is 0 Å². The lowest BCUT2D eigenvalue weighted by molar-refractivity contribution is 0.162. The Morgan fingerprint density at radius 2 is 2.20 bits per heavy atom. The van der Waals surface area contributed by atoms with Gasteiger partial charge < -0.3 is 5.11 Å². The molecule has 0 saturated carbocycles. The summed E-state index contributed by atoms with van der Waals surface area (Å²) in [5, 5.41) is 11.1. The molecule has 0 spiro atoms. The van der Waals surface area contributed by atoms with Gasteiger partial charge >= 0.3 is 0 Å². The summed E-state index contributed by atoms with van der Waals surface area (Å²) in [6.45, 7) is 1.92. The second-order valence-electron chi connectivity index (χ2n) is 4.60. The molecule has 0 saturated heterocycles. The molecule has 0 amide bonds. The van der Waals surface area contributed by atoms with Gasteiger partial charge in [0, 0.05) is 15.6 Å². The molecule has 1 unspecified atom stereocenters. The largest absolute Gasteiger partial charge is 0.394 e. The summed E-state index contributed by atoms with van der Waals surface area (Å²) in [5.41, 5.74) is 2.72. The maximum absolute atomic E-state index is 13.9. The number of rotatable bonds is 5. The highest BCUT2D eigenvalue weighted by molar-refractivity contribution is 6.35. The number of halogens is 3. The predicted octanol–water partition coefficient (Wildman–Crippen LogP) is 3.08. The van der Waals surface area contributed by atoms with E-state index in [4.69, 9.17) is 28.3 Å². The van der Waals surface area contributed by atoms with Crippen molar-refractivity contribution in [3.8, 4) is 0 Å². The van der Waals surface area contributed by atoms with Gasteiger partial charge in [-0.1, -0.05) is 42.6 Å². The number of hydrogen-bond acceptors (Lipinski definition) is 4. The van der Waals surface area contributed by atoms with E-state index in [0.29, 0.717) is 22.0 Å². The van der Waals surface area contributed by atoms with Crippen molar-refractivity contribution in [1.29, 1.82) is 0 Å². The maximum atomic E-state index is 13.9. The van der Waals surface area contributed by atoms with Gasteiger partial charge in [0.1, 0.15) is 0 Å². The third kappa shape index (κ3) is 2.91. The van der Waals surface area contributed by atoms with Crippen LogP contribution in [0.25, 0.3) is 0 Å². The Kier molecular flexibility index (Phi) is 4.86. The van der Waals surface area contributed by atoms with Crippen LogP contribution in [0.3, 0.4) is 0 Å². The summed E-state index contributed by atoms with van der Waals surface area (Å²) in [7, 11) is 0. The first-order valence-corrected chi connectivity index (χ1v) is 7.15. The molecule has 1 aliphatic rings. The second-order valence-corrected chi connectivity index (χ2v) is 5.45. The van der Waals surface area contributed by atoms with Crippen molar-refractivity contribution < 1.29 is 9.50 Å². The molecule has 1 heterocycles. The number of amidine groups is 1. The number of hydrogen-bond donors (Lipinski definition) is 2. The van der Waals surface area contributed by atoms with Crippen molar-refractivity contribution in [3.05, 3.63) is 33.8 Å². The van der Waals surface area contributed by atoms with Crippen molar-refractivity contribution in [1.82, 2.24) is 10.4 Å². The number of nitrogens with one attached hydrogen (secondary N) is 1. The topological polar surface area (TPSA) is 47.9 Å². The van der Waals surface area contributed by atoms with Crippen molar-refractivity contribution in [2.45, 2.75) is 25.4 Å². The highest BCUT2D eigenvalue weighted by atomic mass is 35.5. The molecule has 0 fully saturated rings. The fourth-order valence-corrected chi connectivity index (χ4v) is 2.88. The summed E-state index contributed by atoms with van der Waals surface area (Å²) in [4.78, 5) is 4.10. The minimum absolute atomic E-state index is 0.117. The molecule has 4 nitrogen and oxygen atoms in total. The van der Waals surface area contributed by atoms with Gasteiger partial charge in [-0.15, -0.1) is 0 Å². The molecule has 1 aliphatic heterocycles. The highest BCUT2D eigenvalue weighted by Gasteiger charge is 2.41. The van der Waals surface area contributed by atoms with Crippen molar-refractivity contribution in [2.24, 2.45) is 4.99 Å². The van der Waals surface area contributed by atoms with Crippen LogP contribution in [0.15, 0.2) is 23.2 Å². The van der Waals surface area contributed by atoms with Crippen molar-refractivity contribution in [2.75, 3.05) is 13.2 Å². The number of aliphatic hydroxyl groups excluding tert-OH is 1. The van der Waals surface area contributed by atoms with E-state index in [-0.39, 0.29) is 13.2 Å². The van der Waals surface area contributed by atoms with Gasteiger partial charge in [-0.05, 0) is 18.6 Å². The Hall–Kier alpha value is -0.880. The molecular formula is C13H16Cl2FN3O. The Labute approximate surface area is 127 Å². The fraction of sp³-hybridized carbons (Fsp3) is 0.462. The number of benzene rings is 1. The third-order valence-electron chi connectivity index (χ3n) is 3.14. The molecule has 110 valence electrons. The average molecular weight is 320 g/mol. The Morgan fingerprint density at radius 1 is 1.45 bits per heavy atom. The van der Waals surface area contributed by atoms with E-state index < -0.39 is 11.8 Å². The lowest BCUT2D eigenvalue weighted by Gasteiger charge is -2.29. The van der Waals surface area contributed by atoms with Crippen LogP contribution >= 0.6 is 23.2 Å². The average Bonchev–Trinajstić information content (AvgIpc) is 2.67. The number of β-amino-alcohol motifs (C(OH)–C–C–N with tert-alkyl or cyclic N) is 1. The summed E-state index contributed by atoms with van der Waals surface area (Å²) >= 11 is 12.1. The molecule has 1 atom stereocenters. The normalized spacial score (nSPS) is 22.2. The lowest BCUT2D eigenvalue weighted by Crippen LogP contribution is -2.47. The lowest BCUT2D eigenvalue weighted by atomic mass is 9.96. The van der Waals surface area contributed by atoms with Crippen LogP contribution in [0.5, 0.6) is 0 Å². The fourth-order valence-electron chi connectivity index (χ4n) is 2.31. The van der Waals surface area contributed by atoms with Crippen LogP contribution in [-0.4, -0.2) is 29.4 Å². The van der Waals surface area contributed by atoms with Crippen molar-refractivity contribution in [3.63, 3.8) is 0 Å². The van der Waals surface area contributed by atoms with E-state index in [1.54, 1.807) is 18.2 Å². The SMILES string of the molecule is CCCC1(c2ccc(Cl)cc2Cl)N=C(F)N(CCO)N1. The quantitative estimate of drug-likeness (QED) is 0.820. The van der Waals surface area contributed by atoms with E-state index in [9.17, 15) is 4.39 Å². The zero-order valence-electron chi connectivity index (χ0n) is 11.0. The number of nitrogens with zero attached hydrogens (tertiary/aromatic N) is 2. The summed E-state index contributed by atoms with van der Waals surface area (Å²) in [6.07, 6.45) is 0.706. The molecule has 0 aromatic heterocycles. The van der Waals surface area contributed by atoms with Crippen LogP contribution in [0.1, 0.15) is 25.3 Å².